The minimum absolute atomic E-state index is 0.0803. The van der Waals surface area contributed by atoms with Crippen LogP contribution < -0.4 is 10.1 Å². The number of rotatable bonds is 5. The Morgan fingerprint density at radius 3 is 3.11 bits per heavy atom. The molecule has 0 aliphatic heterocycles. The third kappa shape index (κ3) is 2.46. The molecule has 1 amide bonds. The van der Waals surface area contributed by atoms with Gasteiger partial charge in [0.25, 0.3) is 5.91 Å². The molecule has 96 valence electrons. The number of ether oxygens (including phenoxy) is 1. The SMILES string of the molecule is CCCCNC(=O)c1sc2ncccc2c1OC. The second-order valence-corrected chi connectivity index (χ2v) is 4.93. The lowest BCUT2D eigenvalue weighted by Gasteiger charge is -2.04. The van der Waals surface area contributed by atoms with Crippen molar-refractivity contribution in [1.82, 2.24) is 10.3 Å². The van der Waals surface area contributed by atoms with Gasteiger partial charge in [0.15, 0.2) is 5.75 Å². The van der Waals surface area contributed by atoms with Gasteiger partial charge in [-0.25, -0.2) is 4.98 Å². The van der Waals surface area contributed by atoms with Gasteiger partial charge in [-0.2, -0.15) is 0 Å². The first-order valence-electron chi connectivity index (χ1n) is 5.97. The van der Waals surface area contributed by atoms with Crippen LogP contribution in [0.4, 0.5) is 0 Å². The lowest BCUT2D eigenvalue weighted by molar-refractivity contribution is 0.0954. The van der Waals surface area contributed by atoms with Crippen LogP contribution in [0.25, 0.3) is 10.2 Å². The minimum atomic E-state index is -0.0803. The molecule has 2 aromatic rings. The molecule has 0 fully saturated rings. The van der Waals surface area contributed by atoms with Gasteiger partial charge in [-0.15, -0.1) is 11.3 Å². The van der Waals surface area contributed by atoms with Gasteiger partial charge in [0.2, 0.25) is 0 Å². The summed E-state index contributed by atoms with van der Waals surface area (Å²) in [5.74, 6) is 0.542. The van der Waals surface area contributed by atoms with Gasteiger partial charge in [-0.1, -0.05) is 13.3 Å². The average Bonchev–Trinajstić information content (AvgIpc) is 2.77. The van der Waals surface area contributed by atoms with Crippen molar-refractivity contribution >= 4 is 27.5 Å². The number of unbranched alkanes of at least 4 members (excludes halogenated alkanes) is 1. The molecule has 2 aromatic heterocycles. The molecule has 0 atom stereocenters. The average molecular weight is 264 g/mol. The van der Waals surface area contributed by atoms with E-state index in [4.69, 9.17) is 4.74 Å². The van der Waals surface area contributed by atoms with E-state index in [0.29, 0.717) is 17.2 Å². The summed E-state index contributed by atoms with van der Waals surface area (Å²) in [6, 6.07) is 3.76. The van der Waals surface area contributed by atoms with Crippen LogP contribution in [0.5, 0.6) is 5.75 Å². The van der Waals surface area contributed by atoms with Crippen LogP contribution >= 0.6 is 11.3 Å². The maximum Gasteiger partial charge on any atom is 0.265 e. The summed E-state index contributed by atoms with van der Waals surface area (Å²) >= 11 is 1.37. The van der Waals surface area contributed by atoms with E-state index in [2.05, 4.69) is 17.2 Å². The fourth-order valence-electron chi connectivity index (χ4n) is 1.72. The van der Waals surface area contributed by atoms with E-state index < -0.39 is 0 Å². The molecule has 0 radical (unpaired) electrons. The molecule has 0 unspecified atom stereocenters. The van der Waals surface area contributed by atoms with Crippen LogP contribution in [0.1, 0.15) is 29.4 Å². The summed E-state index contributed by atoms with van der Waals surface area (Å²) in [5.41, 5.74) is 0. The van der Waals surface area contributed by atoms with Crippen LogP contribution in [0, 0.1) is 0 Å². The third-order valence-corrected chi connectivity index (χ3v) is 3.74. The highest BCUT2D eigenvalue weighted by atomic mass is 32.1. The molecule has 0 aliphatic rings. The molecule has 0 aliphatic carbocycles. The van der Waals surface area contributed by atoms with E-state index >= 15 is 0 Å². The molecule has 2 heterocycles. The Hall–Kier alpha value is -1.62. The predicted molar refractivity (Wildman–Crippen MR) is 73.4 cm³/mol. The van der Waals surface area contributed by atoms with Crippen molar-refractivity contribution in [1.29, 1.82) is 0 Å². The van der Waals surface area contributed by atoms with Gasteiger partial charge < -0.3 is 10.1 Å². The van der Waals surface area contributed by atoms with E-state index in [1.54, 1.807) is 13.3 Å². The van der Waals surface area contributed by atoms with Gasteiger partial charge in [0.05, 0.1) is 12.5 Å². The zero-order valence-corrected chi connectivity index (χ0v) is 11.3. The molecular weight excluding hydrogens is 248 g/mol. The predicted octanol–water partition coefficient (Wildman–Crippen LogP) is 2.83. The molecular formula is C13H16N2O2S. The highest BCUT2D eigenvalue weighted by Gasteiger charge is 2.19. The Bertz CT molecular complexity index is 551. The molecule has 5 heteroatoms. The second kappa shape index (κ2) is 5.82. The number of thiophene rings is 1. The molecule has 1 N–H and O–H groups in total. The Morgan fingerprint density at radius 1 is 1.56 bits per heavy atom. The van der Waals surface area contributed by atoms with Crippen molar-refractivity contribution in [2.75, 3.05) is 13.7 Å². The Kier molecular flexibility index (Phi) is 4.15. The molecule has 0 bridgehead atoms. The number of nitrogens with zero attached hydrogens (tertiary/aromatic N) is 1. The lowest BCUT2D eigenvalue weighted by atomic mass is 10.3. The van der Waals surface area contributed by atoms with E-state index in [9.17, 15) is 4.79 Å². The van der Waals surface area contributed by atoms with Crippen molar-refractivity contribution in [3.63, 3.8) is 0 Å². The number of methoxy groups -OCH3 is 1. The Labute approximate surface area is 110 Å². The zero-order chi connectivity index (χ0) is 13.0. The highest BCUT2D eigenvalue weighted by Crippen LogP contribution is 2.36. The quantitative estimate of drug-likeness (QED) is 0.845. The number of carbonyl (C=O) groups excluding carboxylic acids is 1. The largest absolute Gasteiger partial charge is 0.494 e. The smallest absolute Gasteiger partial charge is 0.265 e. The summed E-state index contributed by atoms with van der Waals surface area (Å²) < 4.78 is 5.34. The monoisotopic (exact) mass is 264 g/mol. The first kappa shape index (κ1) is 12.8. The number of nitrogens with one attached hydrogen (secondary N) is 1. The minimum Gasteiger partial charge on any atom is -0.494 e. The van der Waals surface area contributed by atoms with E-state index in [-0.39, 0.29) is 5.91 Å². The lowest BCUT2D eigenvalue weighted by Crippen LogP contribution is -2.23. The standard InChI is InChI=1S/C13H16N2O2S/c1-3-4-7-14-12(16)11-10(17-2)9-6-5-8-15-13(9)18-11/h5-6,8H,3-4,7H2,1-2H3,(H,14,16). The molecule has 18 heavy (non-hydrogen) atoms. The summed E-state index contributed by atoms with van der Waals surface area (Å²) in [5, 5.41) is 3.79. The van der Waals surface area contributed by atoms with Crippen molar-refractivity contribution in [2.45, 2.75) is 19.8 Å². The van der Waals surface area contributed by atoms with Gasteiger partial charge in [0.1, 0.15) is 9.71 Å². The van der Waals surface area contributed by atoms with E-state index in [0.717, 1.165) is 23.1 Å². The van der Waals surface area contributed by atoms with Crippen LogP contribution in [-0.4, -0.2) is 24.5 Å². The molecule has 0 aromatic carbocycles. The van der Waals surface area contributed by atoms with Crippen molar-refractivity contribution in [3.8, 4) is 5.75 Å². The highest BCUT2D eigenvalue weighted by molar-refractivity contribution is 7.20. The van der Waals surface area contributed by atoms with Crippen LogP contribution in [0.2, 0.25) is 0 Å². The van der Waals surface area contributed by atoms with Crippen molar-refractivity contribution in [2.24, 2.45) is 0 Å². The van der Waals surface area contributed by atoms with Gasteiger partial charge in [-0.3, -0.25) is 4.79 Å². The fourth-order valence-corrected chi connectivity index (χ4v) is 2.75. The number of pyridine rings is 1. The number of aromatic nitrogens is 1. The topological polar surface area (TPSA) is 51.2 Å². The van der Waals surface area contributed by atoms with Crippen LogP contribution in [0.15, 0.2) is 18.3 Å². The van der Waals surface area contributed by atoms with E-state index in [1.165, 1.54) is 11.3 Å². The molecule has 0 saturated heterocycles. The third-order valence-electron chi connectivity index (χ3n) is 2.65. The molecule has 0 saturated carbocycles. The maximum absolute atomic E-state index is 12.1. The van der Waals surface area contributed by atoms with E-state index in [1.807, 2.05) is 12.1 Å². The van der Waals surface area contributed by atoms with Gasteiger partial charge in [0, 0.05) is 12.7 Å². The summed E-state index contributed by atoms with van der Waals surface area (Å²) in [6.45, 7) is 2.79. The zero-order valence-electron chi connectivity index (χ0n) is 10.5. The Balaban J connectivity index is 2.29. The van der Waals surface area contributed by atoms with Crippen molar-refractivity contribution in [3.05, 3.63) is 23.2 Å². The summed E-state index contributed by atoms with van der Waals surface area (Å²) in [6.07, 6.45) is 3.76. The number of carbonyl (C=O) groups is 1. The first-order valence-corrected chi connectivity index (χ1v) is 6.79. The number of hydrogen-bond acceptors (Lipinski definition) is 4. The molecule has 2 rings (SSSR count). The number of hydrogen-bond donors (Lipinski definition) is 1. The normalized spacial score (nSPS) is 10.6. The fraction of sp³-hybridized carbons (Fsp3) is 0.385. The second-order valence-electron chi connectivity index (χ2n) is 3.93. The summed E-state index contributed by atoms with van der Waals surface area (Å²) in [7, 11) is 1.58. The van der Waals surface area contributed by atoms with Crippen molar-refractivity contribution < 1.29 is 9.53 Å². The van der Waals surface area contributed by atoms with Gasteiger partial charge >= 0.3 is 0 Å². The maximum atomic E-state index is 12.1. The number of fused-ring (bicyclic) bond motifs is 1. The first-order chi connectivity index (χ1) is 8.77. The molecule has 0 spiro atoms. The Morgan fingerprint density at radius 2 is 2.39 bits per heavy atom. The van der Waals surface area contributed by atoms with Gasteiger partial charge in [-0.05, 0) is 18.6 Å². The van der Waals surface area contributed by atoms with Crippen LogP contribution in [0.3, 0.4) is 0 Å². The number of amides is 1. The molecule has 4 nitrogen and oxygen atoms in total. The van der Waals surface area contributed by atoms with Crippen LogP contribution in [-0.2, 0) is 0 Å². The summed E-state index contributed by atoms with van der Waals surface area (Å²) in [4.78, 5) is 17.7.